The molecule has 0 aliphatic carbocycles. The minimum Gasteiger partial charge on any atom is -0.474 e. The smallest absolute Gasteiger partial charge is 0.234 e. The molecule has 0 atom stereocenters. The van der Waals surface area contributed by atoms with E-state index in [4.69, 9.17) is 10.5 Å². The highest BCUT2D eigenvalue weighted by molar-refractivity contribution is 5.32. The molecule has 1 rings (SSSR count). The molecule has 0 amide bonds. The topological polar surface area (TPSA) is 73.1 Å². The quantitative estimate of drug-likeness (QED) is 0.659. The Morgan fingerprint density at radius 2 is 2.00 bits per heavy atom. The molecule has 1 aromatic heterocycles. The van der Waals surface area contributed by atoms with Gasteiger partial charge in [-0.05, 0) is 33.2 Å². The second-order valence-electron chi connectivity index (χ2n) is 4.54. The van der Waals surface area contributed by atoms with Gasteiger partial charge in [-0.1, -0.05) is 12.8 Å². The molecule has 0 fully saturated rings. The zero-order valence-electron chi connectivity index (χ0n) is 11.4. The summed E-state index contributed by atoms with van der Waals surface area (Å²) in [6.07, 6.45) is 8.08. The Balaban J connectivity index is 2.25. The molecule has 0 aromatic carbocycles. The maximum Gasteiger partial charge on any atom is 0.234 e. The number of nitrogens with one attached hydrogen (secondary N) is 1. The van der Waals surface area contributed by atoms with Gasteiger partial charge in [-0.25, -0.2) is 0 Å². The predicted octanol–water partition coefficient (Wildman–Crippen LogP) is 2.19. The third-order valence-corrected chi connectivity index (χ3v) is 2.41. The maximum atomic E-state index is 5.49. The van der Waals surface area contributed by atoms with Crippen LogP contribution in [-0.2, 0) is 0 Å². The van der Waals surface area contributed by atoms with Crippen LogP contribution in [0.3, 0.4) is 0 Å². The van der Waals surface area contributed by atoms with Gasteiger partial charge < -0.3 is 15.8 Å². The molecular weight excluding hydrogens is 228 g/mol. The Kier molecular flexibility index (Phi) is 7.10. The van der Waals surface area contributed by atoms with Crippen molar-refractivity contribution in [1.82, 2.24) is 9.97 Å². The first-order valence-electron chi connectivity index (χ1n) is 6.65. The number of ether oxygens (including phenoxy) is 1. The van der Waals surface area contributed by atoms with Crippen molar-refractivity contribution in [2.45, 2.75) is 45.6 Å². The summed E-state index contributed by atoms with van der Waals surface area (Å²) in [5.41, 5.74) is 5.44. The normalized spacial score (nSPS) is 10.7. The van der Waals surface area contributed by atoms with E-state index in [0.29, 0.717) is 5.88 Å². The summed E-state index contributed by atoms with van der Waals surface area (Å²) in [6.45, 7) is 5.64. The van der Waals surface area contributed by atoms with E-state index in [1.54, 1.807) is 12.4 Å². The molecule has 0 spiro atoms. The highest BCUT2D eigenvalue weighted by Crippen LogP contribution is 2.10. The van der Waals surface area contributed by atoms with E-state index in [-0.39, 0.29) is 6.10 Å². The van der Waals surface area contributed by atoms with Gasteiger partial charge in [0.15, 0.2) is 0 Å². The SMILES string of the molecule is CC(C)Oc1cncc(NCCCCCCN)n1. The van der Waals surface area contributed by atoms with Gasteiger partial charge in [0.1, 0.15) is 5.82 Å². The largest absolute Gasteiger partial charge is 0.474 e. The number of nitrogens with two attached hydrogens (primary N) is 1. The van der Waals surface area contributed by atoms with Gasteiger partial charge in [-0.2, -0.15) is 4.98 Å². The van der Waals surface area contributed by atoms with Crippen molar-refractivity contribution in [1.29, 1.82) is 0 Å². The first-order chi connectivity index (χ1) is 8.72. The van der Waals surface area contributed by atoms with Gasteiger partial charge in [0, 0.05) is 6.54 Å². The first-order valence-corrected chi connectivity index (χ1v) is 6.65. The summed E-state index contributed by atoms with van der Waals surface area (Å²) in [5.74, 6) is 1.34. The average Bonchev–Trinajstić information content (AvgIpc) is 2.33. The van der Waals surface area contributed by atoms with Crippen molar-refractivity contribution in [3.8, 4) is 5.88 Å². The predicted molar refractivity (Wildman–Crippen MR) is 73.8 cm³/mol. The summed E-state index contributed by atoms with van der Waals surface area (Å²) in [4.78, 5) is 8.43. The lowest BCUT2D eigenvalue weighted by atomic mass is 10.2. The number of rotatable bonds is 9. The summed E-state index contributed by atoms with van der Waals surface area (Å²) in [6, 6.07) is 0. The molecule has 3 N–H and O–H groups in total. The summed E-state index contributed by atoms with van der Waals surface area (Å²) < 4.78 is 5.49. The van der Waals surface area contributed by atoms with Crippen molar-refractivity contribution in [2.24, 2.45) is 5.73 Å². The van der Waals surface area contributed by atoms with E-state index in [2.05, 4.69) is 15.3 Å². The first kappa shape index (κ1) is 14.7. The van der Waals surface area contributed by atoms with Gasteiger partial charge >= 0.3 is 0 Å². The number of hydrogen-bond acceptors (Lipinski definition) is 5. The zero-order chi connectivity index (χ0) is 13.2. The molecule has 0 saturated carbocycles. The Morgan fingerprint density at radius 1 is 1.22 bits per heavy atom. The molecule has 1 aromatic rings. The lowest BCUT2D eigenvalue weighted by Gasteiger charge is -2.10. The fourth-order valence-electron chi connectivity index (χ4n) is 1.57. The van der Waals surface area contributed by atoms with Gasteiger partial charge in [0.05, 0.1) is 18.5 Å². The summed E-state index contributed by atoms with van der Waals surface area (Å²) in [5, 5.41) is 3.25. The Labute approximate surface area is 109 Å². The number of nitrogens with zero attached hydrogens (tertiary/aromatic N) is 2. The molecule has 102 valence electrons. The summed E-state index contributed by atoms with van der Waals surface area (Å²) >= 11 is 0. The molecule has 0 bridgehead atoms. The van der Waals surface area contributed by atoms with Crippen LogP contribution in [0.15, 0.2) is 12.4 Å². The molecule has 0 unspecified atom stereocenters. The molecular formula is C13H24N4O. The van der Waals surface area contributed by atoms with Crippen LogP contribution in [-0.4, -0.2) is 29.2 Å². The zero-order valence-corrected chi connectivity index (χ0v) is 11.4. The van der Waals surface area contributed by atoms with Crippen LogP contribution in [0.2, 0.25) is 0 Å². The summed E-state index contributed by atoms with van der Waals surface area (Å²) in [7, 11) is 0. The lowest BCUT2D eigenvalue weighted by Crippen LogP contribution is -2.09. The molecule has 5 nitrogen and oxygen atoms in total. The van der Waals surface area contributed by atoms with Crippen LogP contribution in [0.1, 0.15) is 39.5 Å². The van der Waals surface area contributed by atoms with Crippen LogP contribution in [0.25, 0.3) is 0 Å². The van der Waals surface area contributed by atoms with Crippen molar-refractivity contribution < 1.29 is 4.74 Å². The van der Waals surface area contributed by atoms with Crippen LogP contribution >= 0.6 is 0 Å². The van der Waals surface area contributed by atoms with Crippen molar-refractivity contribution in [3.05, 3.63) is 12.4 Å². The highest BCUT2D eigenvalue weighted by Gasteiger charge is 2.01. The fraction of sp³-hybridized carbons (Fsp3) is 0.692. The third kappa shape index (κ3) is 6.39. The second kappa shape index (κ2) is 8.69. The minimum atomic E-state index is 0.116. The number of aromatic nitrogens is 2. The molecule has 0 aliphatic rings. The standard InChI is InChI=1S/C13H24N4O/c1-11(2)18-13-10-15-9-12(17-13)16-8-6-4-3-5-7-14/h9-11H,3-8,14H2,1-2H3,(H,16,17). The highest BCUT2D eigenvalue weighted by atomic mass is 16.5. The molecule has 0 aliphatic heterocycles. The minimum absolute atomic E-state index is 0.116. The third-order valence-electron chi connectivity index (χ3n) is 2.41. The van der Waals surface area contributed by atoms with E-state index in [0.717, 1.165) is 31.7 Å². The van der Waals surface area contributed by atoms with Crippen molar-refractivity contribution in [2.75, 3.05) is 18.4 Å². The van der Waals surface area contributed by atoms with E-state index >= 15 is 0 Å². The van der Waals surface area contributed by atoms with Crippen molar-refractivity contribution in [3.63, 3.8) is 0 Å². The van der Waals surface area contributed by atoms with Crippen LogP contribution < -0.4 is 15.8 Å². The van der Waals surface area contributed by atoms with Gasteiger partial charge in [0.25, 0.3) is 0 Å². The average molecular weight is 252 g/mol. The van der Waals surface area contributed by atoms with Gasteiger partial charge in [0.2, 0.25) is 5.88 Å². The van der Waals surface area contributed by atoms with Crippen molar-refractivity contribution >= 4 is 5.82 Å². The van der Waals surface area contributed by atoms with Crippen LogP contribution in [0.5, 0.6) is 5.88 Å². The van der Waals surface area contributed by atoms with Crippen LogP contribution in [0, 0.1) is 0 Å². The molecule has 0 saturated heterocycles. The molecule has 18 heavy (non-hydrogen) atoms. The van der Waals surface area contributed by atoms with E-state index in [1.807, 2.05) is 13.8 Å². The fourth-order valence-corrected chi connectivity index (χ4v) is 1.57. The van der Waals surface area contributed by atoms with Gasteiger partial charge in [-0.3, -0.25) is 4.98 Å². The number of anilines is 1. The second-order valence-corrected chi connectivity index (χ2v) is 4.54. The van der Waals surface area contributed by atoms with E-state index in [1.165, 1.54) is 12.8 Å². The lowest BCUT2D eigenvalue weighted by molar-refractivity contribution is 0.232. The monoisotopic (exact) mass is 252 g/mol. The van der Waals surface area contributed by atoms with E-state index < -0.39 is 0 Å². The van der Waals surface area contributed by atoms with Crippen LogP contribution in [0.4, 0.5) is 5.82 Å². The molecule has 1 heterocycles. The number of hydrogen-bond donors (Lipinski definition) is 2. The van der Waals surface area contributed by atoms with E-state index in [9.17, 15) is 0 Å². The Hall–Kier alpha value is -1.36. The Morgan fingerprint density at radius 3 is 2.72 bits per heavy atom. The molecule has 0 radical (unpaired) electrons. The maximum absolute atomic E-state index is 5.49. The molecule has 5 heteroatoms. The van der Waals surface area contributed by atoms with Gasteiger partial charge in [-0.15, -0.1) is 0 Å². The number of unbranched alkanes of at least 4 members (excludes halogenated alkanes) is 3. The Bertz CT molecular complexity index is 331.